The molecule has 1 atom stereocenters. The molecule has 32 heavy (non-hydrogen) atoms. The van der Waals surface area contributed by atoms with E-state index in [0.29, 0.717) is 28.6 Å². The van der Waals surface area contributed by atoms with Gasteiger partial charge >= 0.3 is 0 Å². The summed E-state index contributed by atoms with van der Waals surface area (Å²) in [5.41, 5.74) is 6.56. The predicted octanol–water partition coefficient (Wildman–Crippen LogP) is 1.74. The van der Waals surface area contributed by atoms with E-state index < -0.39 is 6.10 Å². The molecule has 2 heterocycles. The Morgan fingerprint density at radius 1 is 1.16 bits per heavy atom. The standard InChI is InChI=1S/C24H28N4O4/c25-16-5-7-18(8-6-16)32-19-9-11-28(12-10-19)15-17(29)13-26-24(31)22-14-27-23(30)21-4-2-1-3-20(21)22/h1-8,14,17,19,29H,9-13,15,25H2,(H,26,31)(H,27,30)/t17-/m1/s1. The zero-order valence-electron chi connectivity index (χ0n) is 17.8. The fourth-order valence-electron chi connectivity index (χ4n) is 4.01. The number of aromatic amines is 1. The van der Waals surface area contributed by atoms with Crippen LogP contribution in [-0.2, 0) is 0 Å². The first-order chi connectivity index (χ1) is 15.5. The normalized spacial score (nSPS) is 16.0. The van der Waals surface area contributed by atoms with E-state index in [2.05, 4.69) is 15.2 Å². The van der Waals surface area contributed by atoms with Crippen LogP contribution in [0.15, 0.2) is 59.5 Å². The van der Waals surface area contributed by atoms with Gasteiger partial charge in [0.05, 0.1) is 11.7 Å². The van der Waals surface area contributed by atoms with E-state index in [9.17, 15) is 14.7 Å². The molecule has 0 radical (unpaired) electrons. The Bertz CT molecular complexity index is 1120. The number of nitrogens with zero attached hydrogens (tertiary/aromatic N) is 1. The van der Waals surface area contributed by atoms with Gasteiger partial charge in [0.25, 0.3) is 11.5 Å². The van der Waals surface area contributed by atoms with E-state index in [4.69, 9.17) is 10.5 Å². The number of hydrogen-bond acceptors (Lipinski definition) is 6. The van der Waals surface area contributed by atoms with Crippen LogP contribution in [0.4, 0.5) is 5.69 Å². The number of fused-ring (bicyclic) bond motifs is 1. The number of hydrogen-bond donors (Lipinski definition) is 4. The Hall–Kier alpha value is -3.36. The first kappa shape index (κ1) is 21.9. The second-order valence-corrected chi connectivity index (χ2v) is 8.13. The topological polar surface area (TPSA) is 121 Å². The number of piperidine rings is 1. The summed E-state index contributed by atoms with van der Waals surface area (Å²) in [6.45, 7) is 2.24. The van der Waals surface area contributed by atoms with Crippen molar-refractivity contribution in [1.82, 2.24) is 15.2 Å². The van der Waals surface area contributed by atoms with Crippen LogP contribution in [0.1, 0.15) is 23.2 Å². The van der Waals surface area contributed by atoms with Crippen molar-refractivity contribution in [3.05, 3.63) is 70.6 Å². The van der Waals surface area contributed by atoms with Crippen LogP contribution < -0.4 is 21.3 Å². The number of H-pyrrole nitrogens is 1. The number of anilines is 1. The van der Waals surface area contributed by atoms with E-state index in [1.165, 1.54) is 6.20 Å². The van der Waals surface area contributed by atoms with Crippen LogP contribution in [0.5, 0.6) is 5.75 Å². The van der Waals surface area contributed by atoms with Gasteiger partial charge in [0, 0.05) is 48.8 Å². The van der Waals surface area contributed by atoms with Crippen molar-refractivity contribution >= 4 is 22.4 Å². The van der Waals surface area contributed by atoms with Crippen LogP contribution in [0.25, 0.3) is 10.8 Å². The second-order valence-electron chi connectivity index (χ2n) is 8.13. The molecule has 8 heteroatoms. The molecule has 0 unspecified atom stereocenters. The number of aromatic nitrogens is 1. The number of β-amino-alcohol motifs (C(OH)–C–C–N with tert-alkyl or cyclic N) is 1. The summed E-state index contributed by atoms with van der Waals surface area (Å²) < 4.78 is 6.01. The summed E-state index contributed by atoms with van der Waals surface area (Å²) in [6.07, 6.45) is 2.60. The summed E-state index contributed by atoms with van der Waals surface area (Å²) in [6, 6.07) is 14.4. The number of nitrogens with one attached hydrogen (secondary N) is 2. The highest BCUT2D eigenvalue weighted by Crippen LogP contribution is 2.20. The van der Waals surface area contributed by atoms with Gasteiger partial charge in [-0.25, -0.2) is 0 Å². The second kappa shape index (κ2) is 9.84. The number of carbonyl (C=O) groups is 1. The maximum atomic E-state index is 12.6. The zero-order valence-corrected chi connectivity index (χ0v) is 17.8. The number of amides is 1. The molecule has 1 aliphatic rings. The lowest BCUT2D eigenvalue weighted by molar-refractivity contribution is 0.0594. The molecule has 3 aromatic rings. The Morgan fingerprint density at radius 3 is 2.56 bits per heavy atom. The Balaban J connectivity index is 1.24. The third kappa shape index (κ3) is 5.27. The van der Waals surface area contributed by atoms with Crippen LogP contribution in [-0.4, -0.2) is 59.3 Å². The quantitative estimate of drug-likeness (QED) is 0.419. The molecule has 5 N–H and O–H groups in total. The number of likely N-dealkylation sites (tertiary alicyclic amines) is 1. The molecule has 0 aliphatic carbocycles. The summed E-state index contributed by atoms with van der Waals surface area (Å²) in [7, 11) is 0. The van der Waals surface area contributed by atoms with Crippen molar-refractivity contribution < 1.29 is 14.6 Å². The molecule has 0 bridgehead atoms. The Morgan fingerprint density at radius 2 is 1.84 bits per heavy atom. The summed E-state index contributed by atoms with van der Waals surface area (Å²) >= 11 is 0. The molecule has 0 saturated carbocycles. The third-order valence-electron chi connectivity index (χ3n) is 5.74. The average Bonchev–Trinajstić information content (AvgIpc) is 2.81. The lowest BCUT2D eigenvalue weighted by Crippen LogP contribution is -2.45. The first-order valence-electron chi connectivity index (χ1n) is 10.8. The van der Waals surface area contributed by atoms with Crippen molar-refractivity contribution in [2.24, 2.45) is 0 Å². The molecule has 1 saturated heterocycles. The predicted molar refractivity (Wildman–Crippen MR) is 124 cm³/mol. The van der Waals surface area contributed by atoms with Gasteiger partial charge in [0.15, 0.2) is 0 Å². The van der Waals surface area contributed by atoms with E-state index in [-0.39, 0.29) is 24.1 Å². The molecule has 4 rings (SSSR count). The van der Waals surface area contributed by atoms with Gasteiger partial charge in [-0.05, 0) is 43.2 Å². The molecule has 1 aliphatic heterocycles. The number of carbonyl (C=O) groups excluding carboxylic acids is 1. The van der Waals surface area contributed by atoms with E-state index in [1.807, 2.05) is 24.3 Å². The maximum Gasteiger partial charge on any atom is 0.255 e. The summed E-state index contributed by atoms with van der Waals surface area (Å²) in [5.74, 6) is 0.488. The summed E-state index contributed by atoms with van der Waals surface area (Å²) in [4.78, 5) is 29.3. The largest absolute Gasteiger partial charge is 0.490 e. The molecular formula is C24H28N4O4. The molecule has 0 spiro atoms. The van der Waals surface area contributed by atoms with E-state index >= 15 is 0 Å². The summed E-state index contributed by atoms with van der Waals surface area (Å²) in [5, 5.41) is 14.2. The number of aliphatic hydroxyl groups excluding tert-OH is 1. The minimum atomic E-state index is -0.692. The smallest absolute Gasteiger partial charge is 0.255 e. The van der Waals surface area contributed by atoms with Crippen LogP contribution in [0, 0.1) is 0 Å². The number of benzene rings is 2. The number of nitrogens with two attached hydrogens (primary N) is 1. The van der Waals surface area contributed by atoms with Crippen LogP contribution in [0.3, 0.4) is 0 Å². The molecule has 1 aromatic heterocycles. The monoisotopic (exact) mass is 436 g/mol. The molecule has 8 nitrogen and oxygen atoms in total. The van der Waals surface area contributed by atoms with Gasteiger partial charge < -0.3 is 30.8 Å². The van der Waals surface area contributed by atoms with Crippen molar-refractivity contribution in [3.63, 3.8) is 0 Å². The van der Waals surface area contributed by atoms with E-state index in [0.717, 1.165) is 31.7 Å². The van der Waals surface area contributed by atoms with E-state index in [1.54, 1.807) is 24.3 Å². The van der Waals surface area contributed by atoms with Gasteiger partial charge in [-0.2, -0.15) is 0 Å². The van der Waals surface area contributed by atoms with Gasteiger partial charge in [-0.1, -0.05) is 18.2 Å². The third-order valence-corrected chi connectivity index (χ3v) is 5.74. The van der Waals surface area contributed by atoms with Gasteiger partial charge in [0.1, 0.15) is 11.9 Å². The van der Waals surface area contributed by atoms with Crippen molar-refractivity contribution in [2.45, 2.75) is 25.0 Å². The fraction of sp³-hybridized carbons (Fsp3) is 0.333. The number of rotatable bonds is 7. The first-order valence-corrected chi connectivity index (χ1v) is 10.8. The molecule has 1 amide bonds. The van der Waals surface area contributed by atoms with Crippen molar-refractivity contribution in [3.8, 4) is 5.75 Å². The zero-order chi connectivity index (χ0) is 22.5. The van der Waals surface area contributed by atoms with Gasteiger partial charge in [-0.3, -0.25) is 9.59 Å². The highest BCUT2D eigenvalue weighted by molar-refractivity contribution is 6.06. The highest BCUT2D eigenvalue weighted by atomic mass is 16.5. The molecule has 2 aromatic carbocycles. The fourth-order valence-corrected chi connectivity index (χ4v) is 4.01. The molecule has 1 fully saturated rings. The van der Waals surface area contributed by atoms with Crippen LogP contribution >= 0.6 is 0 Å². The SMILES string of the molecule is Nc1ccc(OC2CCN(C[C@H](O)CNC(=O)c3c[nH]c(=O)c4ccccc34)CC2)cc1. The van der Waals surface area contributed by atoms with Crippen molar-refractivity contribution in [2.75, 3.05) is 31.9 Å². The highest BCUT2D eigenvalue weighted by Gasteiger charge is 2.22. The average molecular weight is 437 g/mol. The lowest BCUT2D eigenvalue weighted by Gasteiger charge is -2.33. The lowest BCUT2D eigenvalue weighted by atomic mass is 10.1. The maximum absolute atomic E-state index is 12.6. The van der Waals surface area contributed by atoms with Gasteiger partial charge in [-0.15, -0.1) is 0 Å². The van der Waals surface area contributed by atoms with Gasteiger partial charge in [0.2, 0.25) is 0 Å². The molecule has 168 valence electrons. The molecular weight excluding hydrogens is 408 g/mol. The number of aliphatic hydroxyl groups is 1. The number of pyridine rings is 1. The Kier molecular flexibility index (Phi) is 6.72. The Labute approximate surface area is 186 Å². The number of ether oxygens (including phenoxy) is 1. The minimum Gasteiger partial charge on any atom is -0.490 e. The van der Waals surface area contributed by atoms with Crippen LogP contribution in [0.2, 0.25) is 0 Å². The van der Waals surface area contributed by atoms with Crippen molar-refractivity contribution in [1.29, 1.82) is 0 Å². The number of nitrogen functional groups attached to an aromatic ring is 1. The minimum absolute atomic E-state index is 0.133.